The molecule has 9 heteroatoms. The molecule has 29 heavy (non-hydrogen) atoms. The SMILES string of the molecule is COC(=O)C1=C(CSc2nc3ccccc3s2)NC(=O)N[C@@H]1c1ccc(F)cc1. The van der Waals surface area contributed by atoms with Gasteiger partial charge >= 0.3 is 12.0 Å². The molecule has 2 aromatic carbocycles. The lowest BCUT2D eigenvalue weighted by molar-refractivity contribution is -0.136. The van der Waals surface area contributed by atoms with Crippen LogP contribution in [0.4, 0.5) is 9.18 Å². The molecule has 0 radical (unpaired) electrons. The first-order valence-electron chi connectivity index (χ1n) is 8.68. The number of urea groups is 1. The molecule has 6 nitrogen and oxygen atoms in total. The van der Waals surface area contributed by atoms with Crippen molar-refractivity contribution in [1.82, 2.24) is 15.6 Å². The topological polar surface area (TPSA) is 80.3 Å². The van der Waals surface area contributed by atoms with E-state index < -0.39 is 23.9 Å². The summed E-state index contributed by atoms with van der Waals surface area (Å²) in [7, 11) is 1.28. The molecule has 0 fully saturated rings. The summed E-state index contributed by atoms with van der Waals surface area (Å²) in [6.07, 6.45) is 0. The minimum atomic E-state index is -0.734. The lowest BCUT2D eigenvalue weighted by Crippen LogP contribution is -2.46. The first-order chi connectivity index (χ1) is 14.0. The summed E-state index contributed by atoms with van der Waals surface area (Å²) in [5.74, 6) is -0.633. The van der Waals surface area contributed by atoms with Gasteiger partial charge in [-0.25, -0.2) is 19.0 Å². The van der Waals surface area contributed by atoms with Gasteiger partial charge in [-0.1, -0.05) is 36.0 Å². The van der Waals surface area contributed by atoms with Crippen molar-refractivity contribution in [3.05, 3.63) is 71.2 Å². The number of rotatable bonds is 5. The Bertz CT molecular complexity index is 1080. The van der Waals surface area contributed by atoms with Crippen molar-refractivity contribution in [3.63, 3.8) is 0 Å². The third kappa shape index (κ3) is 4.10. The van der Waals surface area contributed by atoms with Crippen LogP contribution in [0.2, 0.25) is 0 Å². The minimum Gasteiger partial charge on any atom is -0.466 e. The molecule has 1 aromatic heterocycles. The lowest BCUT2D eigenvalue weighted by Gasteiger charge is -2.29. The molecular weight excluding hydrogens is 413 g/mol. The summed E-state index contributed by atoms with van der Waals surface area (Å²) in [5.41, 5.74) is 2.22. The molecule has 1 aliphatic rings. The number of carbonyl (C=O) groups is 2. The number of nitrogens with one attached hydrogen (secondary N) is 2. The molecule has 1 atom stereocenters. The van der Waals surface area contributed by atoms with Crippen LogP contribution in [0, 0.1) is 5.82 Å². The van der Waals surface area contributed by atoms with E-state index in [4.69, 9.17) is 4.74 Å². The molecule has 0 bridgehead atoms. The molecule has 0 saturated heterocycles. The molecule has 148 valence electrons. The van der Waals surface area contributed by atoms with Crippen LogP contribution in [0.15, 0.2) is 64.1 Å². The third-order valence-corrected chi connectivity index (χ3v) is 6.58. The standard InChI is InChI=1S/C20H16FN3O3S2/c1-27-18(25)16-14(10-28-20-23-13-4-2-3-5-15(13)29-20)22-19(26)24-17(16)11-6-8-12(21)9-7-11/h2-9,17H,10H2,1H3,(H2,22,24,26)/t17-/m1/s1. The lowest BCUT2D eigenvalue weighted by atomic mass is 9.95. The average Bonchev–Trinajstić information content (AvgIpc) is 3.15. The number of thiazole rings is 1. The molecule has 1 aliphatic heterocycles. The van der Waals surface area contributed by atoms with Crippen molar-refractivity contribution in [2.45, 2.75) is 10.4 Å². The average molecular weight is 429 g/mol. The summed E-state index contributed by atoms with van der Waals surface area (Å²) in [5, 5.41) is 5.42. The molecule has 2 amide bonds. The van der Waals surface area contributed by atoms with Crippen LogP contribution in [-0.2, 0) is 9.53 Å². The highest BCUT2D eigenvalue weighted by molar-refractivity contribution is 8.01. The fourth-order valence-corrected chi connectivity index (χ4v) is 5.07. The normalized spacial score (nSPS) is 16.5. The Hall–Kier alpha value is -2.91. The number of esters is 1. The van der Waals surface area contributed by atoms with Crippen molar-refractivity contribution in [2.75, 3.05) is 12.9 Å². The summed E-state index contributed by atoms with van der Waals surface area (Å²) in [4.78, 5) is 29.3. The van der Waals surface area contributed by atoms with Gasteiger partial charge in [0, 0.05) is 11.4 Å². The van der Waals surface area contributed by atoms with Crippen molar-refractivity contribution in [3.8, 4) is 0 Å². The number of ether oxygens (including phenoxy) is 1. The Morgan fingerprint density at radius 3 is 2.72 bits per heavy atom. The van der Waals surface area contributed by atoms with E-state index in [2.05, 4.69) is 15.6 Å². The van der Waals surface area contributed by atoms with E-state index in [0.29, 0.717) is 17.0 Å². The summed E-state index contributed by atoms with van der Waals surface area (Å²) in [6.45, 7) is 0. The molecule has 2 heterocycles. The largest absolute Gasteiger partial charge is 0.466 e. The Kier molecular flexibility index (Phi) is 5.50. The van der Waals surface area contributed by atoms with E-state index in [0.717, 1.165) is 14.6 Å². The number of nitrogens with zero attached hydrogens (tertiary/aromatic N) is 1. The van der Waals surface area contributed by atoms with Gasteiger partial charge in [0.1, 0.15) is 5.82 Å². The smallest absolute Gasteiger partial charge is 0.338 e. The summed E-state index contributed by atoms with van der Waals surface area (Å²) < 4.78 is 20.2. The van der Waals surface area contributed by atoms with Crippen LogP contribution in [0.1, 0.15) is 11.6 Å². The number of hydrogen-bond acceptors (Lipinski definition) is 6. The molecule has 0 spiro atoms. The number of aromatic nitrogens is 1. The fourth-order valence-electron chi connectivity index (χ4n) is 3.03. The second-order valence-electron chi connectivity index (χ2n) is 6.20. The van der Waals surface area contributed by atoms with Gasteiger partial charge in [0.15, 0.2) is 4.34 Å². The predicted molar refractivity (Wildman–Crippen MR) is 110 cm³/mol. The zero-order valence-corrected chi connectivity index (χ0v) is 16.9. The first kappa shape index (κ1) is 19.4. The molecule has 0 saturated carbocycles. The van der Waals surface area contributed by atoms with Crippen molar-refractivity contribution >= 4 is 45.3 Å². The number of benzene rings is 2. The Labute approximate surface area is 174 Å². The van der Waals surface area contributed by atoms with Gasteiger partial charge in [-0.3, -0.25) is 0 Å². The fraction of sp³-hybridized carbons (Fsp3) is 0.150. The third-order valence-electron chi connectivity index (χ3n) is 4.38. The van der Waals surface area contributed by atoms with Gasteiger partial charge in [0.2, 0.25) is 0 Å². The number of hydrogen-bond donors (Lipinski definition) is 2. The Morgan fingerprint density at radius 1 is 1.24 bits per heavy atom. The number of carbonyl (C=O) groups excluding carboxylic acids is 2. The van der Waals surface area contributed by atoms with Crippen LogP contribution in [0.3, 0.4) is 0 Å². The second-order valence-corrected chi connectivity index (χ2v) is 8.46. The highest BCUT2D eigenvalue weighted by atomic mass is 32.2. The number of amides is 2. The minimum absolute atomic E-state index is 0.285. The van der Waals surface area contributed by atoms with E-state index in [-0.39, 0.29) is 5.57 Å². The van der Waals surface area contributed by atoms with Crippen molar-refractivity contribution in [1.29, 1.82) is 0 Å². The van der Waals surface area contributed by atoms with E-state index in [9.17, 15) is 14.0 Å². The predicted octanol–water partition coefficient (Wildman–Crippen LogP) is 4.01. The van der Waals surface area contributed by atoms with Gasteiger partial charge in [0.25, 0.3) is 0 Å². The number of methoxy groups -OCH3 is 1. The quantitative estimate of drug-likeness (QED) is 0.473. The number of fused-ring (bicyclic) bond motifs is 1. The van der Waals surface area contributed by atoms with Crippen LogP contribution in [0.5, 0.6) is 0 Å². The second kappa shape index (κ2) is 8.22. The van der Waals surface area contributed by atoms with Gasteiger partial charge in [-0.2, -0.15) is 0 Å². The summed E-state index contributed by atoms with van der Waals surface area (Å²) in [6, 6.07) is 12.3. The molecule has 3 aromatic rings. The zero-order chi connectivity index (χ0) is 20.4. The van der Waals surface area contributed by atoms with Crippen LogP contribution >= 0.6 is 23.1 Å². The number of halogens is 1. The molecule has 2 N–H and O–H groups in total. The van der Waals surface area contributed by atoms with E-state index in [1.165, 1.54) is 43.1 Å². The maximum absolute atomic E-state index is 13.3. The van der Waals surface area contributed by atoms with Crippen LogP contribution in [-0.4, -0.2) is 29.8 Å². The van der Waals surface area contributed by atoms with Gasteiger partial charge in [-0.05, 0) is 29.8 Å². The molecule has 0 aliphatic carbocycles. The molecule has 4 rings (SSSR count). The van der Waals surface area contributed by atoms with E-state index in [1.54, 1.807) is 11.3 Å². The van der Waals surface area contributed by atoms with E-state index in [1.807, 2.05) is 24.3 Å². The molecular formula is C20H16FN3O3S2. The Morgan fingerprint density at radius 2 is 2.00 bits per heavy atom. The van der Waals surface area contributed by atoms with Gasteiger partial charge < -0.3 is 15.4 Å². The van der Waals surface area contributed by atoms with Crippen molar-refractivity contribution < 1.29 is 18.7 Å². The molecule has 0 unspecified atom stereocenters. The highest BCUT2D eigenvalue weighted by Gasteiger charge is 2.33. The maximum atomic E-state index is 13.3. The van der Waals surface area contributed by atoms with Crippen LogP contribution in [0.25, 0.3) is 10.2 Å². The van der Waals surface area contributed by atoms with E-state index >= 15 is 0 Å². The van der Waals surface area contributed by atoms with Gasteiger partial charge in [0.05, 0.1) is 28.9 Å². The van der Waals surface area contributed by atoms with Gasteiger partial charge in [-0.15, -0.1) is 11.3 Å². The number of para-hydroxylation sites is 1. The Balaban J connectivity index is 1.66. The first-order valence-corrected chi connectivity index (χ1v) is 10.5. The summed E-state index contributed by atoms with van der Waals surface area (Å²) >= 11 is 2.97. The maximum Gasteiger partial charge on any atom is 0.338 e. The van der Waals surface area contributed by atoms with Crippen molar-refractivity contribution in [2.24, 2.45) is 0 Å². The zero-order valence-electron chi connectivity index (χ0n) is 15.3. The highest BCUT2D eigenvalue weighted by Crippen LogP contribution is 2.33. The monoisotopic (exact) mass is 429 g/mol. The van der Waals surface area contributed by atoms with Crippen LogP contribution < -0.4 is 10.6 Å². The number of thioether (sulfide) groups is 1.